The Morgan fingerprint density at radius 1 is 1.44 bits per heavy atom. The van der Waals surface area contributed by atoms with E-state index in [1.165, 1.54) is 0 Å². The molecule has 4 heteroatoms. The van der Waals surface area contributed by atoms with Gasteiger partial charge in [0.15, 0.2) is 0 Å². The van der Waals surface area contributed by atoms with Crippen molar-refractivity contribution in [3.8, 4) is 0 Å². The van der Waals surface area contributed by atoms with Crippen LogP contribution < -0.4 is 0 Å². The number of hydrogen-bond donors (Lipinski definition) is 1. The lowest BCUT2D eigenvalue weighted by Gasteiger charge is -2.43. The Bertz CT molecular complexity index is 359. The molecule has 1 aromatic rings. The number of morpholine rings is 1. The zero-order valence-electron chi connectivity index (χ0n) is 9.40. The van der Waals surface area contributed by atoms with E-state index < -0.39 is 12.6 Å². The molecule has 1 aromatic carbocycles. The van der Waals surface area contributed by atoms with Gasteiger partial charge in [0.2, 0.25) is 12.6 Å². The van der Waals surface area contributed by atoms with Gasteiger partial charge in [-0.2, -0.15) is 4.39 Å². The Balaban J connectivity index is 2.25. The summed E-state index contributed by atoms with van der Waals surface area (Å²) in [5.74, 6) is -1.36. The molecule has 1 heterocycles. The third-order valence-corrected chi connectivity index (χ3v) is 3.08. The molecule has 16 heavy (non-hydrogen) atoms. The highest BCUT2D eigenvalue weighted by Gasteiger charge is 2.44. The molecule has 0 saturated carbocycles. The van der Waals surface area contributed by atoms with Crippen LogP contribution in [0.15, 0.2) is 30.3 Å². The first-order valence-corrected chi connectivity index (χ1v) is 5.39. The van der Waals surface area contributed by atoms with Crippen molar-refractivity contribution >= 4 is 0 Å². The molecule has 2 unspecified atom stereocenters. The second-order valence-electron chi connectivity index (χ2n) is 4.62. The van der Waals surface area contributed by atoms with Crippen molar-refractivity contribution in [1.82, 2.24) is 0 Å². The average Bonchev–Trinajstić information content (AvgIpc) is 2.30. The Morgan fingerprint density at radius 2 is 2.12 bits per heavy atom. The molecule has 88 valence electrons. The van der Waals surface area contributed by atoms with Crippen molar-refractivity contribution in [1.29, 1.82) is 0 Å². The van der Waals surface area contributed by atoms with E-state index in [9.17, 15) is 9.50 Å². The van der Waals surface area contributed by atoms with Gasteiger partial charge in [0.05, 0.1) is 13.7 Å². The maximum absolute atomic E-state index is 12.9. The normalized spacial score (nSPS) is 34.9. The Morgan fingerprint density at radius 3 is 2.75 bits per heavy atom. The Hall–Kier alpha value is -0.970. The van der Waals surface area contributed by atoms with Gasteiger partial charge < -0.3 is 9.84 Å². The van der Waals surface area contributed by atoms with Gasteiger partial charge in [0.1, 0.15) is 13.1 Å². The summed E-state index contributed by atoms with van der Waals surface area (Å²) in [4.78, 5) is 0. The van der Waals surface area contributed by atoms with E-state index in [1.807, 2.05) is 18.2 Å². The predicted molar refractivity (Wildman–Crippen MR) is 58.2 cm³/mol. The van der Waals surface area contributed by atoms with Gasteiger partial charge in [-0.15, -0.1) is 0 Å². The standard InChI is InChI=1S/C12H17FNO2/c1-14(10-13)7-8-16-12(15,9-14)11-5-3-2-4-6-11/h2-6,15H,7-10H2,1H3/q+1/i13-1. The topological polar surface area (TPSA) is 29.5 Å². The molecule has 0 spiro atoms. The fourth-order valence-electron chi connectivity index (χ4n) is 2.05. The van der Waals surface area contributed by atoms with Crippen molar-refractivity contribution in [2.75, 3.05) is 33.5 Å². The van der Waals surface area contributed by atoms with Gasteiger partial charge in [0, 0.05) is 5.56 Å². The molecule has 1 aliphatic rings. The zero-order valence-corrected chi connectivity index (χ0v) is 9.40. The van der Waals surface area contributed by atoms with E-state index >= 15 is 0 Å². The van der Waals surface area contributed by atoms with Crippen LogP contribution in [0.4, 0.5) is 4.39 Å². The number of ether oxygens (including phenoxy) is 1. The van der Waals surface area contributed by atoms with Gasteiger partial charge in [-0.25, -0.2) is 0 Å². The molecule has 0 aliphatic carbocycles. The first-order valence-electron chi connectivity index (χ1n) is 5.39. The van der Waals surface area contributed by atoms with Crippen molar-refractivity contribution in [2.24, 2.45) is 0 Å². The Labute approximate surface area is 94.7 Å². The summed E-state index contributed by atoms with van der Waals surface area (Å²) in [5, 5.41) is 10.4. The van der Waals surface area contributed by atoms with Crippen LogP contribution in [0.2, 0.25) is 0 Å². The minimum Gasteiger partial charge on any atom is -0.357 e. The van der Waals surface area contributed by atoms with Crippen molar-refractivity contribution < 1.29 is 18.7 Å². The van der Waals surface area contributed by atoms with Gasteiger partial charge in [-0.05, 0) is 0 Å². The Kier molecular flexibility index (Phi) is 2.97. The molecule has 1 fully saturated rings. The van der Waals surface area contributed by atoms with Gasteiger partial charge >= 0.3 is 0 Å². The number of quaternary nitrogens is 1. The number of alkyl halides is 1. The fourth-order valence-corrected chi connectivity index (χ4v) is 2.05. The highest BCUT2D eigenvalue weighted by Crippen LogP contribution is 2.29. The van der Waals surface area contributed by atoms with E-state index in [2.05, 4.69) is 0 Å². The zero-order chi connectivity index (χ0) is 11.6. The lowest BCUT2D eigenvalue weighted by molar-refractivity contribution is -0.941. The highest BCUT2D eigenvalue weighted by molar-refractivity contribution is 5.20. The van der Waals surface area contributed by atoms with Crippen LogP contribution in [0.5, 0.6) is 0 Å². The molecular weight excluding hydrogens is 208 g/mol. The minimum absolute atomic E-state index is 0.186. The molecule has 1 saturated heterocycles. The van der Waals surface area contributed by atoms with E-state index in [0.29, 0.717) is 18.7 Å². The SMILES string of the molecule is C[N+]1(C[18F])CCOC(O)(c2ccccc2)C1. The number of likely N-dealkylation sites (N-methyl/N-ethyl adjacent to an activating group) is 1. The first kappa shape index (κ1) is 11.5. The quantitative estimate of drug-likeness (QED) is 0.606. The first-order chi connectivity index (χ1) is 7.58. The number of rotatable bonds is 2. The molecule has 0 aromatic heterocycles. The van der Waals surface area contributed by atoms with Crippen LogP contribution in [0.25, 0.3) is 0 Å². The maximum atomic E-state index is 12.9. The number of hydrogen-bond acceptors (Lipinski definition) is 2. The molecule has 2 rings (SSSR count). The highest BCUT2D eigenvalue weighted by atomic mass is 18.2. The van der Waals surface area contributed by atoms with Crippen LogP contribution in [-0.4, -0.2) is 43.1 Å². The van der Waals surface area contributed by atoms with Crippen LogP contribution in [0, 0.1) is 0 Å². The van der Waals surface area contributed by atoms with Crippen LogP contribution in [0.1, 0.15) is 5.56 Å². The van der Waals surface area contributed by atoms with Crippen LogP contribution in [-0.2, 0) is 10.5 Å². The predicted octanol–water partition coefficient (Wildman–Crippen LogP) is 1.24. The van der Waals surface area contributed by atoms with E-state index in [1.54, 1.807) is 19.2 Å². The van der Waals surface area contributed by atoms with E-state index in [-0.39, 0.29) is 11.0 Å². The summed E-state index contributed by atoms with van der Waals surface area (Å²) < 4.78 is 18.5. The monoisotopic (exact) mass is 225 g/mol. The number of benzene rings is 1. The second kappa shape index (κ2) is 4.13. The number of halogens is 1. The van der Waals surface area contributed by atoms with Crippen molar-refractivity contribution in [3.05, 3.63) is 35.9 Å². The molecule has 0 bridgehead atoms. The third kappa shape index (κ3) is 2.09. The van der Waals surface area contributed by atoms with Crippen LogP contribution >= 0.6 is 0 Å². The summed E-state index contributed by atoms with van der Waals surface area (Å²) in [6.45, 7) is 0.712. The van der Waals surface area contributed by atoms with Crippen molar-refractivity contribution in [2.45, 2.75) is 5.79 Å². The van der Waals surface area contributed by atoms with Crippen LogP contribution in [0.3, 0.4) is 0 Å². The number of aliphatic hydroxyl groups is 1. The third-order valence-electron chi connectivity index (χ3n) is 3.08. The minimum atomic E-state index is -1.36. The smallest absolute Gasteiger partial charge is 0.244 e. The molecule has 1 aliphatic heterocycles. The summed E-state index contributed by atoms with van der Waals surface area (Å²) >= 11 is 0. The lowest BCUT2D eigenvalue weighted by atomic mass is 10.0. The average molecular weight is 225 g/mol. The largest absolute Gasteiger partial charge is 0.357 e. The summed E-state index contributed by atoms with van der Waals surface area (Å²) in [7, 11) is 1.79. The molecule has 2 atom stereocenters. The second-order valence-corrected chi connectivity index (χ2v) is 4.62. The van der Waals surface area contributed by atoms with E-state index in [0.717, 1.165) is 0 Å². The number of nitrogens with zero attached hydrogens (tertiary/aromatic N) is 1. The molecule has 0 radical (unpaired) electrons. The van der Waals surface area contributed by atoms with Crippen molar-refractivity contribution in [3.63, 3.8) is 0 Å². The summed E-state index contributed by atoms with van der Waals surface area (Å²) in [5.41, 5.74) is 0.688. The summed E-state index contributed by atoms with van der Waals surface area (Å²) in [6, 6.07) is 9.15. The molecule has 3 nitrogen and oxygen atoms in total. The van der Waals surface area contributed by atoms with Gasteiger partial charge in [0.25, 0.3) is 0 Å². The molecule has 1 N–H and O–H groups in total. The molecule has 0 amide bonds. The van der Waals surface area contributed by atoms with Gasteiger partial charge in [-0.3, -0.25) is 4.48 Å². The van der Waals surface area contributed by atoms with E-state index in [4.69, 9.17) is 4.74 Å². The van der Waals surface area contributed by atoms with Gasteiger partial charge in [-0.1, -0.05) is 30.3 Å². The maximum Gasteiger partial charge on any atom is 0.244 e. The fraction of sp³-hybridized carbons (Fsp3) is 0.500. The molecular formula is C12H17FNO2+. The summed E-state index contributed by atoms with van der Waals surface area (Å²) in [6.07, 6.45) is 0. The lowest BCUT2D eigenvalue weighted by Crippen LogP contribution is -2.59.